The second-order valence-corrected chi connectivity index (χ2v) is 6.51. The van der Waals surface area contributed by atoms with Crippen LogP contribution in [0.1, 0.15) is 30.4 Å². The predicted molar refractivity (Wildman–Crippen MR) is 116 cm³/mol. The highest BCUT2D eigenvalue weighted by Gasteiger charge is 2.22. The van der Waals surface area contributed by atoms with Gasteiger partial charge in [-0.05, 0) is 42.9 Å². The zero-order valence-corrected chi connectivity index (χ0v) is 18.5. The maximum atomic E-state index is 11.5. The van der Waals surface area contributed by atoms with E-state index in [0.29, 0.717) is 12.3 Å². The van der Waals surface area contributed by atoms with Crippen molar-refractivity contribution in [2.75, 3.05) is 34.3 Å². The number of halogens is 1. The molecule has 0 aromatic heterocycles. The Hall–Kier alpha value is -1.51. The molecule has 146 valence electrons. The molecule has 1 aliphatic heterocycles. The molecule has 0 radical (unpaired) electrons. The molecule has 0 unspecified atom stereocenters. The zero-order valence-electron chi connectivity index (χ0n) is 16.2. The number of hydrogen-bond acceptors (Lipinski definition) is 3. The number of aliphatic imine (C=N–C) groups is 1. The van der Waals surface area contributed by atoms with Crippen LogP contribution in [0, 0.1) is 12.8 Å². The summed E-state index contributed by atoms with van der Waals surface area (Å²) in [5, 5.41) is 6.15. The lowest BCUT2D eigenvalue weighted by Crippen LogP contribution is -2.45. The summed E-state index contributed by atoms with van der Waals surface area (Å²) in [6.45, 7) is 4.65. The summed E-state index contributed by atoms with van der Waals surface area (Å²) in [6.07, 6.45) is 2.67. The number of rotatable bonds is 5. The molecule has 2 N–H and O–H groups in total. The lowest BCUT2D eigenvalue weighted by atomic mass is 9.93. The normalized spacial score (nSPS) is 15.2. The number of nitrogens with zero attached hydrogens (tertiary/aromatic N) is 2. The number of ether oxygens (including phenoxy) is 1. The molecule has 0 spiro atoms. The van der Waals surface area contributed by atoms with Crippen LogP contribution in [-0.4, -0.2) is 51.1 Å². The molecule has 1 aromatic carbocycles. The number of piperidine rings is 1. The Kier molecular flexibility index (Phi) is 9.75. The van der Waals surface area contributed by atoms with E-state index >= 15 is 0 Å². The summed E-state index contributed by atoms with van der Waals surface area (Å²) in [5.41, 5.74) is 2.33. The van der Waals surface area contributed by atoms with Crippen molar-refractivity contribution >= 4 is 35.8 Å². The van der Waals surface area contributed by atoms with Gasteiger partial charge in [0.1, 0.15) is 5.75 Å². The highest BCUT2D eigenvalue weighted by molar-refractivity contribution is 14.0. The predicted octanol–water partition coefficient (Wildman–Crippen LogP) is 2.55. The maximum Gasteiger partial charge on any atom is 0.220 e. The molecule has 0 bridgehead atoms. The molecule has 7 heteroatoms. The first-order valence-corrected chi connectivity index (χ1v) is 8.87. The Morgan fingerprint density at radius 3 is 2.58 bits per heavy atom. The first-order valence-electron chi connectivity index (χ1n) is 8.87. The molecule has 6 nitrogen and oxygen atoms in total. The number of methoxy groups -OCH3 is 1. The van der Waals surface area contributed by atoms with Gasteiger partial charge in [-0.3, -0.25) is 9.79 Å². The monoisotopic (exact) mass is 474 g/mol. The van der Waals surface area contributed by atoms with Gasteiger partial charge in [0, 0.05) is 40.2 Å². The average molecular weight is 474 g/mol. The Morgan fingerprint density at radius 1 is 1.35 bits per heavy atom. The fraction of sp³-hybridized carbons (Fsp3) is 0.579. The van der Waals surface area contributed by atoms with E-state index in [9.17, 15) is 4.79 Å². The van der Waals surface area contributed by atoms with Crippen LogP contribution < -0.4 is 15.4 Å². The van der Waals surface area contributed by atoms with Crippen molar-refractivity contribution < 1.29 is 9.53 Å². The summed E-state index contributed by atoms with van der Waals surface area (Å²) in [4.78, 5) is 18.2. The van der Waals surface area contributed by atoms with Crippen LogP contribution in [-0.2, 0) is 11.3 Å². The molecular weight excluding hydrogens is 443 g/mol. The number of nitrogens with one attached hydrogen (secondary N) is 2. The van der Waals surface area contributed by atoms with Crippen LogP contribution in [0.15, 0.2) is 23.2 Å². The third-order valence-electron chi connectivity index (χ3n) is 4.79. The van der Waals surface area contributed by atoms with Crippen molar-refractivity contribution in [2.45, 2.75) is 32.7 Å². The van der Waals surface area contributed by atoms with E-state index in [1.54, 1.807) is 14.2 Å². The largest absolute Gasteiger partial charge is 0.496 e. The van der Waals surface area contributed by atoms with Crippen LogP contribution in [0.3, 0.4) is 0 Å². The fourth-order valence-corrected chi connectivity index (χ4v) is 3.28. The van der Waals surface area contributed by atoms with Crippen LogP contribution in [0.2, 0.25) is 0 Å². The lowest BCUT2D eigenvalue weighted by Gasteiger charge is -2.34. The second kappa shape index (κ2) is 11.3. The summed E-state index contributed by atoms with van der Waals surface area (Å²) >= 11 is 0. The third kappa shape index (κ3) is 6.34. The maximum absolute atomic E-state index is 11.5. The van der Waals surface area contributed by atoms with Crippen LogP contribution in [0.25, 0.3) is 0 Å². The molecule has 1 amide bonds. The molecule has 1 saturated heterocycles. The first kappa shape index (κ1) is 22.5. The highest BCUT2D eigenvalue weighted by atomic mass is 127. The number of aryl methyl sites for hydroxylation is 1. The first-order chi connectivity index (χ1) is 12.1. The number of guanidine groups is 1. The van der Waals surface area contributed by atoms with Gasteiger partial charge in [-0.2, -0.15) is 0 Å². The van der Waals surface area contributed by atoms with E-state index in [2.05, 4.69) is 32.7 Å². The van der Waals surface area contributed by atoms with Crippen molar-refractivity contribution in [1.29, 1.82) is 0 Å². The minimum Gasteiger partial charge on any atom is -0.496 e. The van der Waals surface area contributed by atoms with Crippen LogP contribution in [0.4, 0.5) is 0 Å². The van der Waals surface area contributed by atoms with Gasteiger partial charge in [-0.25, -0.2) is 0 Å². The number of likely N-dealkylation sites (tertiary alicyclic amines) is 1. The summed E-state index contributed by atoms with van der Waals surface area (Å²) in [6, 6.07) is 6.20. The van der Waals surface area contributed by atoms with Crippen molar-refractivity contribution in [1.82, 2.24) is 15.5 Å². The average Bonchev–Trinajstić information content (AvgIpc) is 2.63. The van der Waals surface area contributed by atoms with Crippen molar-refractivity contribution in [3.8, 4) is 5.75 Å². The van der Waals surface area contributed by atoms with Gasteiger partial charge in [-0.15, -0.1) is 24.0 Å². The highest BCUT2D eigenvalue weighted by Crippen LogP contribution is 2.21. The van der Waals surface area contributed by atoms with E-state index in [1.807, 2.05) is 20.0 Å². The molecule has 2 rings (SSSR count). The second-order valence-electron chi connectivity index (χ2n) is 6.51. The Bertz CT molecular complexity index is 614. The molecule has 1 aromatic rings. The minimum absolute atomic E-state index is 0. The minimum atomic E-state index is 0. The SMILES string of the molecule is CN=C(NCc1ccc(OC)c(C)c1)N1CCC(CC(=O)NC)CC1.I. The van der Waals surface area contributed by atoms with E-state index < -0.39 is 0 Å². The molecule has 1 aliphatic rings. The van der Waals surface area contributed by atoms with Crippen LogP contribution in [0.5, 0.6) is 5.75 Å². The number of carbonyl (C=O) groups is 1. The molecule has 0 saturated carbocycles. The van der Waals surface area contributed by atoms with E-state index in [-0.39, 0.29) is 29.9 Å². The number of hydrogen-bond donors (Lipinski definition) is 2. The number of carbonyl (C=O) groups excluding carboxylic acids is 1. The Labute approximate surface area is 173 Å². The molecule has 1 heterocycles. The van der Waals surface area contributed by atoms with Gasteiger partial charge >= 0.3 is 0 Å². The standard InChI is InChI=1S/C19H30N4O2.HI/c1-14-11-16(5-6-17(14)25-4)13-22-19(21-3)23-9-7-15(8-10-23)12-18(24)20-2;/h5-6,11,15H,7-10,12-13H2,1-4H3,(H,20,24)(H,21,22);1H. The van der Waals surface area contributed by atoms with Crippen molar-refractivity contribution in [2.24, 2.45) is 10.9 Å². The van der Waals surface area contributed by atoms with Gasteiger partial charge in [-0.1, -0.05) is 12.1 Å². The van der Waals surface area contributed by atoms with Gasteiger partial charge in [0.15, 0.2) is 5.96 Å². The summed E-state index contributed by atoms with van der Waals surface area (Å²) in [5.74, 6) is 2.44. The smallest absolute Gasteiger partial charge is 0.220 e. The van der Waals surface area contributed by atoms with E-state index in [0.717, 1.165) is 49.7 Å². The third-order valence-corrected chi connectivity index (χ3v) is 4.79. The Balaban J connectivity index is 0.00000338. The van der Waals surface area contributed by atoms with Gasteiger partial charge in [0.05, 0.1) is 7.11 Å². The summed E-state index contributed by atoms with van der Waals surface area (Å²) < 4.78 is 5.31. The summed E-state index contributed by atoms with van der Waals surface area (Å²) in [7, 11) is 5.21. The van der Waals surface area contributed by atoms with Gasteiger partial charge in [0.2, 0.25) is 5.91 Å². The quantitative estimate of drug-likeness (QED) is 0.391. The van der Waals surface area contributed by atoms with Crippen LogP contribution >= 0.6 is 24.0 Å². The molecule has 0 atom stereocenters. The lowest BCUT2D eigenvalue weighted by molar-refractivity contribution is -0.121. The number of benzene rings is 1. The van der Waals surface area contributed by atoms with Crippen molar-refractivity contribution in [3.05, 3.63) is 29.3 Å². The van der Waals surface area contributed by atoms with Gasteiger partial charge in [0.25, 0.3) is 0 Å². The van der Waals surface area contributed by atoms with Gasteiger partial charge < -0.3 is 20.3 Å². The molecule has 0 aliphatic carbocycles. The molecule has 1 fully saturated rings. The zero-order chi connectivity index (χ0) is 18.2. The Morgan fingerprint density at radius 2 is 2.04 bits per heavy atom. The number of amides is 1. The van der Waals surface area contributed by atoms with E-state index in [1.165, 1.54) is 5.56 Å². The fourth-order valence-electron chi connectivity index (χ4n) is 3.28. The molecule has 26 heavy (non-hydrogen) atoms. The van der Waals surface area contributed by atoms with E-state index in [4.69, 9.17) is 4.74 Å². The van der Waals surface area contributed by atoms with Crippen molar-refractivity contribution in [3.63, 3.8) is 0 Å². The molecular formula is C19H31IN4O2. The topological polar surface area (TPSA) is 66.0 Å².